The molecule has 0 bridgehead atoms. The van der Waals surface area contributed by atoms with Gasteiger partial charge in [-0.15, -0.1) is 0 Å². The smallest absolute Gasteiger partial charge is 0.240 e. The average molecular weight is 343 g/mol. The van der Waals surface area contributed by atoms with Crippen LogP contribution in [0.4, 0.5) is 17.6 Å². The zero-order valence-electron chi connectivity index (χ0n) is 8.87. The number of nitrogens with zero attached hydrogens (tertiary/aromatic N) is 1. The second-order valence-corrected chi connectivity index (χ2v) is 4.88. The molecule has 0 amide bonds. The van der Waals surface area contributed by atoms with Crippen LogP contribution in [-0.2, 0) is 6.18 Å². The quantitative estimate of drug-likeness (QED) is 0.606. The van der Waals surface area contributed by atoms with Gasteiger partial charge in [0.2, 0.25) is 0 Å². The van der Waals surface area contributed by atoms with Gasteiger partial charge < -0.3 is 0 Å². The van der Waals surface area contributed by atoms with E-state index in [1.807, 2.05) is 0 Å². The lowest BCUT2D eigenvalue weighted by Gasteiger charge is -2.13. The normalized spacial score (nSPS) is 12.2. The molecule has 0 saturated carbocycles. The van der Waals surface area contributed by atoms with E-state index >= 15 is 0 Å². The Morgan fingerprint density at radius 3 is 2.44 bits per heavy atom. The van der Waals surface area contributed by atoms with E-state index in [0.717, 1.165) is 6.07 Å². The van der Waals surface area contributed by atoms with Crippen LogP contribution in [0.5, 0.6) is 0 Å². The molecule has 1 heterocycles. The number of pyridine rings is 1. The topological polar surface area (TPSA) is 12.9 Å². The first-order chi connectivity index (χ1) is 8.23. The fourth-order valence-electron chi connectivity index (χ4n) is 1.62. The predicted molar refractivity (Wildman–Crippen MR) is 64.2 cm³/mol. The molecule has 1 aromatic carbocycles. The van der Waals surface area contributed by atoms with Crippen molar-refractivity contribution in [3.63, 3.8) is 0 Å². The molecule has 1 nitrogen and oxygen atoms in total. The van der Waals surface area contributed by atoms with Crippen molar-refractivity contribution in [2.24, 2.45) is 0 Å². The summed E-state index contributed by atoms with van der Waals surface area (Å²) >= 11 is 9.00. The predicted octanol–water partition coefficient (Wildman–Crippen LogP) is 5.12. The van der Waals surface area contributed by atoms with Crippen molar-refractivity contribution in [3.05, 3.63) is 38.7 Å². The maximum atomic E-state index is 13.5. The van der Waals surface area contributed by atoms with Gasteiger partial charge in [0.25, 0.3) is 0 Å². The van der Waals surface area contributed by atoms with E-state index in [0.29, 0.717) is 4.47 Å². The van der Waals surface area contributed by atoms with Crippen LogP contribution in [-0.4, -0.2) is 4.98 Å². The lowest BCUT2D eigenvalue weighted by molar-refractivity contribution is -0.141. The molecule has 2 aromatic rings. The number of hydrogen-bond donors (Lipinski definition) is 0. The summed E-state index contributed by atoms with van der Waals surface area (Å²) in [7, 11) is 0. The van der Waals surface area contributed by atoms with Crippen molar-refractivity contribution in [2.45, 2.75) is 13.1 Å². The van der Waals surface area contributed by atoms with Crippen molar-refractivity contribution >= 4 is 38.4 Å². The largest absolute Gasteiger partial charge is 0.433 e. The molecule has 2 rings (SSSR count). The average Bonchev–Trinajstić information content (AvgIpc) is 2.26. The van der Waals surface area contributed by atoms with Crippen LogP contribution in [0, 0.1) is 12.7 Å². The molecule has 1 aromatic heterocycles. The summed E-state index contributed by atoms with van der Waals surface area (Å²) in [5.74, 6) is -0.847. The Hall–Kier alpha value is -0.880. The molecular formula is C11H5BrClF4N. The Morgan fingerprint density at radius 2 is 1.89 bits per heavy atom. The van der Waals surface area contributed by atoms with Crippen molar-refractivity contribution in [3.8, 4) is 0 Å². The van der Waals surface area contributed by atoms with Crippen molar-refractivity contribution in [2.75, 3.05) is 0 Å². The number of alkyl halides is 3. The first kappa shape index (κ1) is 13.5. The van der Waals surface area contributed by atoms with Crippen molar-refractivity contribution in [1.82, 2.24) is 4.98 Å². The summed E-state index contributed by atoms with van der Waals surface area (Å²) in [4.78, 5) is 3.35. The summed E-state index contributed by atoms with van der Waals surface area (Å²) < 4.78 is 52.1. The van der Waals surface area contributed by atoms with Gasteiger partial charge in [-0.3, -0.25) is 0 Å². The van der Waals surface area contributed by atoms with Gasteiger partial charge in [-0.05, 0) is 24.6 Å². The molecular weight excluding hydrogens is 337 g/mol. The summed E-state index contributed by atoms with van der Waals surface area (Å²) in [6.07, 6.45) is -4.67. The van der Waals surface area contributed by atoms with Crippen molar-refractivity contribution in [1.29, 1.82) is 0 Å². The number of halogens is 6. The van der Waals surface area contributed by atoms with Gasteiger partial charge in [-0.1, -0.05) is 27.5 Å². The number of rotatable bonds is 0. The first-order valence-electron chi connectivity index (χ1n) is 4.74. The lowest BCUT2D eigenvalue weighted by Crippen LogP contribution is -2.11. The van der Waals surface area contributed by atoms with Crippen molar-refractivity contribution < 1.29 is 17.6 Å². The first-order valence-corrected chi connectivity index (χ1v) is 5.91. The van der Waals surface area contributed by atoms with E-state index < -0.39 is 23.2 Å². The zero-order valence-corrected chi connectivity index (χ0v) is 11.2. The van der Waals surface area contributed by atoms with E-state index in [9.17, 15) is 17.6 Å². The fraction of sp³-hybridized carbons (Fsp3) is 0.182. The minimum atomic E-state index is -4.67. The maximum absolute atomic E-state index is 13.5. The molecule has 0 aliphatic heterocycles. The Labute approximate surface area is 113 Å². The van der Waals surface area contributed by atoms with Gasteiger partial charge in [0.05, 0.1) is 5.02 Å². The summed E-state index contributed by atoms with van der Waals surface area (Å²) in [6, 6.07) is 2.41. The lowest BCUT2D eigenvalue weighted by atomic mass is 10.1. The second kappa shape index (κ2) is 4.35. The van der Waals surface area contributed by atoms with Crippen LogP contribution >= 0.6 is 27.5 Å². The van der Waals surface area contributed by atoms with Crippen LogP contribution in [0.1, 0.15) is 11.3 Å². The molecule has 96 valence electrons. The Bertz CT molecular complexity index is 639. The summed E-state index contributed by atoms with van der Waals surface area (Å²) in [5, 5.41) is -0.0131. The molecule has 0 N–H and O–H groups in total. The second-order valence-electron chi connectivity index (χ2n) is 3.65. The minimum Gasteiger partial charge on any atom is -0.240 e. The number of aromatic nitrogens is 1. The molecule has 0 atom stereocenters. The minimum absolute atomic E-state index is 0.141. The number of hydrogen-bond acceptors (Lipinski definition) is 1. The Kier molecular flexibility index (Phi) is 3.27. The van der Waals surface area contributed by atoms with Crippen LogP contribution in [0.2, 0.25) is 5.02 Å². The van der Waals surface area contributed by atoms with E-state index in [1.165, 1.54) is 13.0 Å². The molecule has 18 heavy (non-hydrogen) atoms. The third-order valence-electron chi connectivity index (χ3n) is 2.47. The van der Waals surface area contributed by atoms with Gasteiger partial charge in [0.1, 0.15) is 17.0 Å². The fourth-order valence-corrected chi connectivity index (χ4v) is 2.54. The summed E-state index contributed by atoms with van der Waals surface area (Å²) in [5.41, 5.74) is -1.78. The van der Waals surface area contributed by atoms with E-state index in [1.54, 1.807) is 0 Å². The van der Waals surface area contributed by atoms with Crippen LogP contribution in [0.3, 0.4) is 0 Å². The highest BCUT2D eigenvalue weighted by atomic mass is 79.9. The molecule has 0 aliphatic rings. The summed E-state index contributed by atoms with van der Waals surface area (Å²) in [6.45, 7) is 1.20. The highest BCUT2D eigenvalue weighted by Gasteiger charge is 2.36. The number of fused-ring (bicyclic) bond motifs is 1. The molecule has 0 fully saturated rings. The van der Waals surface area contributed by atoms with Gasteiger partial charge >= 0.3 is 6.18 Å². The van der Waals surface area contributed by atoms with Crippen LogP contribution in [0.25, 0.3) is 10.9 Å². The van der Waals surface area contributed by atoms with Gasteiger partial charge in [0, 0.05) is 9.86 Å². The SMILES string of the molecule is Cc1c(C(F)(F)F)nc2c(F)ccc(Br)c2c1Cl. The highest BCUT2D eigenvalue weighted by Crippen LogP contribution is 2.39. The molecule has 0 radical (unpaired) electrons. The molecule has 7 heteroatoms. The highest BCUT2D eigenvalue weighted by molar-refractivity contribution is 9.10. The molecule has 0 unspecified atom stereocenters. The van der Waals surface area contributed by atoms with Crippen LogP contribution < -0.4 is 0 Å². The van der Waals surface area contributed by atoms with Crippen LogP contribution in [0.15, 0.2) is 16.6 Å². The van der Waals surface area contributed by atoms with E-state index in [2.05, 4.69) is 20.9 Å². The monoisotopic (exact) mass is 341 g/mol. The van der Waals surface area contributed by atoms with Gasteiger partial charge in [-0.25, -0.2) is 9.37 Å². The van der Waals surface area contributed by atoms with Gasteiger partial charge in [0.15, 0.2) is 0 Å². The molecule has 0 spiro atoms. The molecule has 0 saturated heterocycles. The third kappa shape index (κ3) is 2.07. The zero-order chi connectivity index (χ0) is 13.7. The van der Waals surface area contributed by atoms with E-state index in [-0.39, 0.29) is 16.0 Å². The Balaban J connectivity index is 2.97. The number of benzene rings is 1. The standard InChI is InChI=1S/C11H5BrClF4N/c1-4-8(13)7-5(12)2-3-6(14)9(7)18-10(4)11(15,16)17/h2-3H,1H3. The van der Waals surface area contributed by atoms with Gasteiger partial charge in [-0.2, -0.15) is 13.2 Å². The third-order valence-corrected chi connectivity index (χ3v) is 3.61. The molecule has 0 aliphatic carbocycles. The van der Waals surface area contributed by atoms with E-state index in [4.69, 9.17) is 11.6 Å². The Morgan fingerprint density at radius 1 is 1.28 bits per heavy atom. The maximum Gasteiger partial charge on any atom is 0.433 e.